The number of hydrogen-bond acceptors (Lipinski definition) is 5. The molecule has 6 nitrogen and oxygen atoms in total. The lowest BCUT2D eigenvalue weighted by Crippen LogP contribution is -2.67. The summed E-state index contributed by atoms with van der Waals surface area (Å²) >= 11 is 1.52. The van der Waals surface area contributed by atoms with Gasteiger partial charge >= 0.3 is 6.09 Å². The summed E-state index contributed by atoms with van der Waals surface area (Å²) < 4.78 is 0. The zero-order chi connectivity index (χ0) is 17.5. The molecule has 1 aromatic rings. The predicted molar refractivity (Wildman–Crippen MR) is 93.2 cm³/mol. The number of carboxylic acid groups (broad SMARTS) is 1. The molecule has 24 heavy (non-hydrogen) atoms. The molecule has 2 fully saturated rings. The van der Waals surface area contributed by atoms with Crippen molar-refractivity contribution in [2.75, 3.05) is 13.1 Å². The average molecular weight is 353 g/mol. The van der Waals surface area contributed by atoms with Crippen LogP contribution >= 0.6 is 11.3 Å². The van der Waals surface area contributed by atoms with Crippen molar-refractivity contribution in [1.82, 2.24) is 14.8 Å². The zero-order valence-corrected chi connectivity index (χ0v) is 15.4. The van der Waals surface area contributed by atoms with Crippen molar-refractivity contribution in [2.24, 2.45) is 0 Å². The second kappa shape index (κ2) is 6.28. The minimum atomic E-state index is -0.838. The first-order valence-electron chi connectivity index (χ1n) is 8.58. The maximum Gasteiger partial charge on any atom is 0.408 e. The number of carbonyl (C=O) groups is 1. The molecule has 0 unspecified atom stereocenters. The number of hydrogen-bond donors (Lipinski definition) is 2. The number of thiazole rings is 1. The molecule has 2 aliphatic rings. The van der Waals surface area contributed by atoms with Gasteiger partial charge < -0.3 is 10.2 Å². The zero-order valence-electron chi connectivity index (χ0n) is 14.6. The third kappa shape index (κ3) is 3.30. The van der Waals surface area contributed by atoms with Gasteiger partial charge in [0.25, 0.3) is 0 Å². The highest BCUT2D eigenvalue weighted by molar-refractivity contribution is 7.09. The van der Waals surface area contributed by atoms with Crippen LogP contribution in [0.3, 0.4) is 0 Å². The van der Waals surface area contributed by atoms with Crippen molar-refractivity contribution in [3.05, 3.63) is 16.6 Å². The third-order valence-corrected chi connectivity index (χ3v) is 6.34. The first kappa shape index (κ1) is 17.6. The van der Waals surface area contributed by atoms with Gasteiger partial charge in [0.1, 0.15) is 5.60 Å². The van der Waals surface area contributed by atoms with E-state index >= 15 is 0 Å². The molecular formula is C17H27N3O3S. The molecule has 7 heteroatoms. The molecule has 0 atom stereocenters. The lowest BCUT2D eigenvalue weighted by molar-refractivity contribution is -0.0624. The van der Waals surface area contributed by atoms with Crippen LogP contribution in [0.25, 0.3) is 0 Å². The molecule has 1 aliphatic carbocycles. The lowest BCUT2D eigenvalue weighted by atomic mass is 9.80. The molecule has 0 spiro atoms. The van der Waals surface area contributed by atoms with Crippen molar-refractivity contribution >= 4 is 17.4 Å². The first-order valence-corrected chi connectivity index (χ1v) is 9.46. The SMILES string of the molecule is CC(C)(C)N(C(=O)O)C1CN(C2CCC(O)(c3cncs3)CC2)C1. The Kier molecular flexibility index (Phi) is 4.61. The maximum absolute atomic E-state index is 11.5. The maximum atomic E-state index is 11.5. The Labute approximate surface area is 147 Å². The van der Waals surface area contributed by atoms with E-state index in [1.54, 1.807) is 16.6 Å². The Morgan fingerprint density at radius 2 is 2.00 bits per heavy atom. The molecule has 0 bridgehead atoms. The van der Waals surface area contributed by atoms with Crippen LogP contribution < -0.4 is 0 Å². The lowest BCUT2D eigenvalue weighted by Gasteiger charge is -2.53. The van der Waals surface area contributed by atoms with E-state index in [9.17, 15) is 15.0 Å². The number of likely N-dealkylation sites (tertiary alicyclic amines) is 1. The van der Waals surface area contributed by atoms with Crippen molar-refractivity contribution in [3.63, 3.8) is 0 Å². The fourth-order valence-corrected chi connectivity index (χ4v) is 4.86. The Hall–Kier alpha value is -1.18. The van der Waals surface area contributed by atoms with Crippen LogP contribution in [0.15, 0.2) is 11.7 Å². The van der Waals surface area contributed by atoms with Gasteiger partial charge in [-0.25, -0.2) is 4.79 Å². The van der Waals surface area contributed by atoms with Crippen molar-refractivity contribution in [2.45, 2.75) is 69.7 Å². The van der Waals surface area contributed by atoms with Crippen LogP contribution in [-0.2, 0) is 5.60 Å². The summed E-state index contributed by atoms with van der Waals surface area (Å²) in [5, 5.41) is 20.3. The second-order valence-corrected chi connectivity index (χ2v) is 8.95. The van der Waals surface area contributed by atoms with Crippen molar-refractivity contribution in [3.8, 4) is 0 Å². The highest BCUT2D eigenvalue weighted by Gasteiger charge is 2.45. The molecule has 3 rings (SSSR count). The Balaban J connectivity index is 1.54. The number of nitrogens with zero attached hydrogens (tertiary/aromatic N) is 3. The summed E-state index contributed by atoms with van der Waals surface area (Å²) in [5.74, 6) is 0. The van der Waals surface area contributed by atoms with E-state index in [1.165, 1.54) is 11.3 Å². The van der Waals surface area contributed by atoms with E-state index in [0.29, 0.717) is 6.04 Å². The van der Waals surface area contributed by atoms with Crippen LogP contribution in [-0.4, -0.2) is 61.8 Å². The largest absolute Gasteiger partial charge is 0.465 e. The van der Waals surface area contributed by atoms with Gasteiger partial charge in [-0.1, -0.05) is 0 Å². The summed E-state index contributed by atoms with van der Waals surface area (Å²) in [4.78, 5) is 20.6. The summed E-state index contributed by atoms with van der Waals surface area (Å²) in [7, 11) is 0. The summed E-state index contributed by atoms with van der Waals surface area (Å²) in [6, 6.07) is 0.523. The van der Waals surface area contributed by atoms with Crippen LogP contribution in [0.4, 0.5) is 4.79 Å². The summed E-state index contributed by atoms with van der Waals surface area (Å²) in [6.45, 7) is 7.43. The topological polar surface area (TPSA) is 76.9 Å². The van der Waals surface area contributed by atoms with Gasteiger partial charge in [0.05, 0.1) is 16.4 Å². The predicted octanol–water partition coefficient (Wildman–Crippen LogP) is 2.74. The summed E-state index contributed by atoms with van der Waals surface area (Å²) in [5.41, 5.74) is 0.675. The van der Waals surface area contributed by atoms with E-state index in [1.807, 2.05) is 20.8 Å². The van der Waals surface area contributed by atoms with Crippen molar-refractivity contribution in [1.29, 1.82) is 0 Å². The molecule has 1 aliphatic heterocycles. The van der Waals surface area contributed by atoms with Gasteiger partial charge in [0.15, 0.2) is 0 Å². The number of aromatic nitrogens is 1. The molecule has 1 saturated carbocycles. The molecule has 0 aromatic carbocycles. The fourth-order valence-electron chi connectivity index (χ4n) is 4.08. The van der Waals surface area contributed by atoms with Crippen LogP contribution in [0.5, 0.6) is 0 Å². The number of aliphatic hydroxyl groups is 1. The highest BCUT2D eigenvalue weighted by atomic mass is 32.1. The molecular weight excluding hydrogens is 326 g/mol. The van der Waals surface area contributed by atoms with Gasteiger partial charge in [0, 0.05) is 30.9 Å². The van der Waals surface area contributed by atoms with E-state index < -0.39 is 11.7 Å². The average Bonchev–Trinajstić information content (AvgIpc) is 2.96. The Bertz CT molecular complexity index is 570. The van der Waals surface area contributed by atoms with Crippen molar-refractivity contribution < 1.29 is 15.0 Å². The van der Waals surface area contributed by atoms with E-state index in [4.69, 9.17) is 0 Å². The number of rotatable bonds is 3. The smallest absolute Gasteiger partial charge is 0.408 e. The fraction of sp³-hybridized carbons (Fsp3) is 0.765. The highest BCUT2D eigenvalue weighted by Crippen LogP contribution is 2.41. The molecule has 134 valence electrons. The molecule has 2 N–H and O–H groups in total. The quantitative estimate of drug-likeness (QED) is 0.874. The Morgan fingerprint density at radius 1 is 1.38 bits per heavy atom. The molecule has 1 saturated heterocycles. The molecule has 2 heterocycles. The standard InChI is InChI=1S/C17H27N3O3S/c1-16(2,3)20(15(21)22)13-9-19(10-13)12-4-6-17(23,7-5-12)14-8-18-11-24-14/h8,11-13,23H,4-7,9-10H2,1-3H3,(H,21,22). The second-order valence-electron chi connectivity index (χ2n) is 8.06. The summed E-state index contributed by atoms with van der Waals surface area (Å²) in [6.07, 6.45) is 4.34. The van der Waals surface area contributed by atoms with Crippen LogP contribution in [0.2, 0.25) is 0 Å². The molecule has 0 radical (unpaired) electrons. The first-order chi connectivity index (χ1) is 11.2. The number of amides is 1. The van der Waals surface area contributed by atoms with E-state index in [2.05, 4.69) is 9.88 Å². The normalized spacial score (nSPS) is 29.2. The van der Waals surface area contributed by atoms with Gasteiger partial charge in [-0.3, -0.25) is 14.8 Å². The van der Waals surface area contributed by atoms with Crippen LogP contribution in [0.1, 0.15) is 51.3 Å². The van der Waals surface area contributed by atoms with Gasteiger partial charge in [0.2, 0.25) is 0 Å². The minimum absolute atomic E-state index is 0.0739. The molecule has 1 aromatic heterocycles. The monoisotopic (exact) mass is 353 g/mol. The van der Waals surface area contributed by atoms with E-state index in [0.717, 1.165) is 43.6 Å². The van der Waals surface area contributed by atoms with E-state index in [-0.39, 0.29) is 11.6 Å². The van der Waals surface area contributed by atoms with Crippen LogP contribution in [0, 0.1) is 0 Å². The molecule has 1 amide bonds. The Morgan fingerprint density at radius 3 is 2.46 bits per heavy atom. The van der Waals surface area contributed by atoms with Gasteiger partial charge in [-0.15, -0.1) is 11.3 Å². The van der Waals surface area contributed by atoms with Gasteiger partial charge in [-0.05, 0) is 46.5 Å². The van der Waals surface area contributed by atoms with Gasteiger partial charge in [-0.2, -0.15) is 0 Å². The third-order valence-electron chi connectivity index (χ3n) is 5.37. The minimum Gasteiger partial charge on any atom is -0.465 e.